The molecule has 2 aromatic rings. The van der Waals surface area contributed by atoms with E-state index in [9.17, 15) is 5.11 Å². The lowest BCUT2D eigenvalue weighted by Crippen LogP contribution is -2.25. The molecule has 21 heavy (non-hydrogen) atoms. The first-order valence-corrected chi connectivity index (χ1v) is 7.32. The topological polar surface area (TPSA) is 49.3 Å². The lowest BCUT2D eigenvalue weighted by atomic mass is 10.1. The summed E-state index contributed by atoms with van der Waals surface area (Å²) in [7, 11) is 1.91. The van der Waals surface area contributed by atoms with E-state index < -0.39 is 6.10 Å². The van der Waals surface area contributed by atoms with Gasteiger partial charge in [0.2, 0.25) is 0 Å². The summed E-state index contributed by atoms with van der Waals surface area (Å²) in [5.74, 6) is 0. The molecule has 0 saturated carbocycles. The number of halogens is 2. The SMILES string of the molecule is Cc1cccnc1C(O)CN(C)Cc1ccc(Cl)nc1Cl. The largest absolute Gasteiger partial charge is 0.385 e. The van der Waals surface area contributed by atoms with Crippen molar-refractivity contribution in [1.82, 2.24) is 14.9 Å². The van der Waals surface area contributed by atoms with Gasteiger partial charge in [-0.1, -0.05) is 35.3 Å². The fourth-order valence-corrected chi connectivity index (χ4v) is 2.55. The summed E-state index contributed by atoms with van der Waals surface area (Å²) >= 11 is 11.8. The maximum Gasteiger partial charge on any atom is 0.135 e. The summed E-state index contributed by atoms with van der Waals surface area (Å²) in [6, 6.07) is 7.34. The minimum atomic E-state index is -0.643. The van der Waals surface area contributed by atoms with Crippen molar-refractivity contribution < 1.29 is 5.11 Å². The van der Waals surface area contributed by atoms with Crippen molar-refractivity contribution in [2.24, 2.45) is 0 Å². The molecule has 2 heterocycles. The molecule has 0 aliphatic heterocycles. The summed E-state index contributed by atoms with van der Waals surface area (Å²) in [6.07, 6.45) is 1.04. The van der Waals surface area contributed by atoms with Crippen LogP contribution in [0.15, 0.2) is 30.5 Å². The second-order valence-electron chi connectivity index (χ2n) is 5.00. The van der Waals surface area contributed by atoms with Crippen LogP contribution in [0.5, 0.6) is 0 Å². The Morgan fingerprint density at radius 2 is 2.05 bits per heavy atom. The van der Waals surface area contributed by atoms with Crippen molar-refractivity contribution in [1.29, 1.82) is 0 Å². The molecule has 0 saturated heterocycles. The van der Waals surface area contributed by atoms with Gasteiger partial charge >= 0.3 is 0 Å². The number of rotatable bonds is 5. The molecule has 0 fully saturated rings. The first kappa shape index (κ1) is 16.2. The van der Waals surface area contributed by atoms with E-state index >= 15 is 0 Å². The van der Waals surface area contributed by atoms with Crippen molar-refractivity contribution in [3.8, 4) is 0 Å². The summed E-state index contributed by atoms with van der Waals surface area (Å²) < 4.78 is 0. The molecule has 1 unspecified atom stereocenters. The van der Waals surface area contributed by atoms with Crippen LogP contribution >= 0.6 is 23.2 Å². The van der Waals surface area contributed by atoms with E-state index in [2.05, 4.69) is 9.97 Å². The Bertz CT molecular complexity index is 622. The maximum atomic E-state index is 10.3. The van der Waals surface area contributed by atoms with Crippen molar-refractivity contribution in [3.63, 3.8) is 0 Å². The fraction of sp³-hybridized carbons (Fsp3) is 0.333. The van der Waals surface area contributed by atoms with E-state index in [1.807, 2.05) is 37.1 Å². The molecule has 6 heteroatoms. The highest BCUT2D eigenvalue weighted by atomic mass is 35.5. The number of nitrogens with zero attached hydrogens (tertiary/aromatic N) is 3. The molecule has 0 bridgehead atoms. The Morgan fingerprint density at radius 3 is 2.71 bits per heavy atom. The highest BCUT2D eigenvalue weighted by molar-refractivity contribution is 6.32. The smallest absolute Gasteiger partial charge is 0.135 e. The number of pyridine rings is 2. The first-order valence-electron chi connectivity index (χ1n) is 6.56. The zero-order valence-electron chi connectivity index (χ0n) is 11.9. The molecule has 2 rings (SSSR count). The number of aliphatic hydroxyl groups is 1. The number of hydrogen-bond donors (Lipinski definition) is 1. The Balaban J connectivity index is 2.01. The average Bonchev–Trinajstić information content (AvgIpc) is 2.42. The average molecular weight is 326 g/mol. The van der Waals surface area contributed by atoms with Crippen molar-refractivity contribution in [2.45, 2.75) is 19.6 Å². The van der Waals surface area contributed by atoms with Gasteiger partial charge < -0.3 is 5.11 Å². The Labute approximate surface area is 134 Å². The van der Waals surface area contributed by atoms with E-state index in [4.69, 9.17) is 23.2 Å². The maximum absolute atomic E-state index is 10.3. The Hall–Kier alpha value is -1.20. The van der Waals surface area contributed by atoms with E-state index in [1.54, 1.807) is 12.3 Å². The summed E-state index contributed by atoms with van der Waals surface area (Å²) in [5, 5.41) is 11.0. The lowest BCUT2D eigenvalue weighted by Gasteiger charge is -2.21. The number of aromatic nitrogens is 2. The van der Waals surface area contributed by atoms with Gasteiger partial charge in [-0.15, -0.1) is 0 Å². The van der Waals surface area contributed by atoms with Gasteiger partial charge in [0.05, 0.1) is 5.69 Å². The van der Waals surface area contributed by atoms with E-state index in [0.29, 0.717) is 29.1 Å². The lowest BCUT2D eigenvalue weighted by molar-refractivity contribution is 0.119. The summed E-state index contributed by atoms with van der Waals surface area (Å²) in [5.41, 5.74) is 2.54. The first-order chi connectivity index (χ1) is 9.97. The molecule has 1 atom stereocenters. The monoisotopic (exact) mass is 325 g/mol. The van der Waals surface area contributed by atoms with Gasteiger partial charge in [-0.25, -0.2) is 4.98 Å². The quantitative estimate of drug-likeness (QED) is 0.857. The molecule has 4 nitrogen and oxygen atoms in total. The molecule has 1 N–H and O–H groups in total. The third-order valence-electron chi connectivity index (χ3n) is 3.18. The molecule has 112 valence electrons. The molecule has 0 spiro atoms. The minimum absolute atomic E-state index is 0.371. The molecule has 2 aromatic heterocycles. The number of hydrogen-bond acceptors (Lipinski definition) is 4. The molecule has 0 aliphatic carbocycles. The standard InChI is InChI=1S/C15H17Cl2N3O/c1-10-4-3-7-18-14(10)12(21)9-20(2)8-11-5-6-13(16)19-15(11)17/h3-7,12,21H,8-9H2,1-2H3. The van der Waals surface area contributed by atoms with Crippen LogP contribution < -0.4 is 0 Å². The van der Waals surface area contributed by atoms with Crippen molar-refractivity contribution in [3.05, 3.63) is 57.6 Å². The molecule has 0 aliphatic rings. The van der Waals surface area contributed by atoms with Crippen LogP contribution in [0.4, 0.5) is 0 Å². The van der Waals surface area contributed by atoms with Crippen molar-refractivity contribution >= 4 is 23.2 Å². The molecular weight excluding hydrogens is 309 g/mol. The minimum Gasteiger partial charge on any atom is -0.385 e. The van der Waals surface area contributed by atoms with Crippen LogP contribution in [0.1, 0.15) is 22.9 Å². The number of likely N-dealkylation sites (N-methyl/N-ethyl adjacent to an activating group) is 1. The highest BCUT2D eigenvalue weighted by Crippen LogP contribution is 2.20. The van der Waals surface area contributed by atoms with Crippen LogP contribution in [0.3, 0.4) is 0 Å². The van der Waals surface area contributed by atoms with Gasteiger partial charge in [0.25, 0.3) is 0 Å². The molecule has 0 radical (unpaired) electrons. The van der Waals surface area contributed by atoms with Crippen LogP contribution in [-0.4, -0.2) is 33.6 Å². The van der Waals surface area contributed by atoms with Gasteiger partial charge in [-0.2, -0.15) is 0 Å². The molecule has 0 amide bonds. The number of aryl methyl sites for hydroxylation is 1. The van der Waals surface area contributed by atoms with Gasteiger partial charge in [-0.3, -0.25) is 9.88 Å². The second kappa shape index (κ2) is 7.18. The third kappa shape index (κ3) is 4.38. The third-order valence-corrected chi connectivity index (χ3v) is 3.72. The number of aliphatic hydroxyl groups excluding tert-OH is 1. The molecule has 0 aromatic carbocycles. The zero-order valence-corrected chi connectivity index (χ0v) is 13.4. The Kier molecular flexibility index (Phi) is 5.53. The predicted octanol–water partition coefficient (Wildman–Crippen LogP) is 3.26. The molecular formula is C15H17Cl2N3O. The van der Waals surface area contributed by atoms with Crippen LogP contribution in [0.2, 0.25) is 10.3 Å². The van der Waals surface area contributed by atoms with E-state index in [0.717, 1.165) is 11.1 Å². The fourth-order valence-electron chi connectivity index (χ4n) is 2.14. The highest BCUT2D eigenvalue weighted by Gasteiger charge is 2.15. The Morgan fingerprint density at radius 1 is 1.29 bits per heavy atom. The van der Waals surface area contributed by atoms with Crippen LogP contribution in [0, 0.1) is 6.92 Å². The van der Waals surface area contributed by atoms with E-state index in [-0.39, 0.29) is 0 Å². The van der Waals surface area contributed by atoms with Gasteiger partial charge in [0, 0.05) is 24.8 Å². The second-order valence-corrected chi connectivity index (χ2v) is 5.75. The van der Waals surface area contributed by atoms with Crippen molar-refractivity contribution in [2.75, 3.05) is 13.6 Å². The zero-order chi connectivity index (χ0) is 15.4. The van der Waals surface area contributed by atoms with Gasteiger partial charge in [0.1, 0.15) is 16.4 Å². The summed E-state index contributed by atoms with van der Waals surface area (Å²) in [6.45, 7) is 2.97. The van der Waals surface area contributed by atoms with Gasteiger partial charge in [0.15, 0.2) is 0 Å². The summed E-state index contributed by atoms with van der Waals surface area (Å²) in [4.78, 5) is 10.2. The van der Waals surface area contributed by atoms with Gasteiger partial charge in [-0.05, 0) is 31.7 Å². The normalized spacial score (nSPS) is 12.7. The van der Waals surface area contributed by atoms with Crippen LogP contribution in [-0.2, 0) is 6.54 Å². The predicted molar refractivity (Wildman–Crippen MR) is 84.5 cm³/mol. The van der Waals surface area contributed by atoms with Crippen LogP contribution in [0.25, 0.3) is 0 Å². The van der Waals surface area contributed by atoms with E-state index in [1.165, 1.54) is 0 Å².